The number of rotatable bonds is 4. The van der Waals surface area contributed by atoms with Gasteiger partial charge in [-0.05, 0) is 64.1 Å². The highest BCUT2D eigenvalue weighted by Crippen LogP contribution is 2.46. The maximum absolute atomic E-state index is 5.18. The molecule has 0 aliphatic carbocycles. The van der Waals surface area contributed by atoms with Crippen molar-refractivity contribution in [2.24, 2.45) is 0 Å². The largest absolute Gasteiger partial charge is 0.291 e. The molecule has 1 atom stereocenters. The smallest absolute Gasteiger partial charge is 0.165 e. The van der Waals surface area contributed by atoms with E-state index in [2.05, 4.69) is 134 Å². The molecule has 0 saturated heterocycles. The Morgan fingerprint density at radius 1 is 0.591 bits per heavy atom. The van der Waals surface area contributed by atoms with E-state index < -0.39 is 0 Å². The van der Waals surface area contributed by atoms with Gasteiger partial charge in [0, 0.05) is 22.1 Å². The van der Waals surface area contributed by atoms with E-state index >= 15 is 0 Å². The van der Waals surface area contributed by atoms with E-state index in [1.807, 2.05) is 18.2 Å². The predicted octanol–water partition coefficient (Wildman–Crippen LogP) is 10.6. The molecule has 44 heavy (non-hydrogen) atoms. The average Bonchev–Trinajstić information content (AvgIpc) is 3.59. The molecule has 9 aromatic rings. The summed E-state index contributed by atoms with van der Waals surface area (Å²) in [6, 6.07) is 47.9. The molecule has 3 nitrogen and oxygen atoms in total. The van der Waals surface area contributed by atoms with Crippen LogP contribution in [0.4, 0.5) is 0 Å². The Labute approximate surface area is 255 Å². The van der Waals surface area contributed by atoms with E-state index in [0.29, 0.717) is 0 Å². The van der Waals surface area contributed by atoms with Gasteiger partial charge in [0.1, 0.15) is 5.52 Å². The maximum atomic E-state index is 5.18. The summed E-state index contributed by atoms with van der Waals surface area (Å²) >= 11 is 0. The van der Waals surface area contributed by atoms with Crippen LogP contribution in [0.3, 0.4) is 0 Å². The van der Waals surface area contributed by atoms with Crippen molar-refractivity contribution >= 4 is 49.4 Å². The van der Waals surface area contributed by atoms with Crippen LogP contribution in [0, 0.1) is 6.92 Å². The number of aryl methyl sites for hydroxylation is 1. The number of para-hydroxylation sites is 3. The van der Waals surface area contributed by atoms with Gasteiger partial charge in [-0.3, -0.25) is 4.40 Å². The van der Waals surface area contributed by atoms with Gasteiger partial charge in [-0.15, -0.1) is 0 Å². The van der Waals surface area contributed by atoms with E-state index in [1.54, 1.807) is 0 Å². The molecule has 0 saturated carbocycles. The Bertz CT molecular complexity index is 2510. The monoisotopic (exact) mass is 563 g/mol. The molecule has 6 aromatic carbocycles. The second-order valence-corrected chi connectivity index (χ2v) is 11.9. The summed E-state index contributed by atoms with van der Waals surface area (Å²) in [7, 11) is 0. The van der Waals surface area contributed by atoms with Crippen LogP contribution in [0.5, 0.6) is 0 Å². The van der Waals surface area contributed by atoms with Crippen molar-refractivity contribution < 1.29 is 0 Å². The molecule has 0 aliphatic rings. The minimum atomic E-state index is 0.174. The van der Waals surface area contributed by atoms with E-state index in [4.69, 9.17) is 9.97 Å². The number of fused-ring (bicyclic) bond motifs is 7. The van der Waals surface area contributed by atoms with E-state index in [-0.39, 0.29) is 5.92 Å². The summed E-state index contributed by atoms with van der Waals surface area (Å²) < 4.78 is 2.35. The molecular weight excluding hydrogens is 534 g/mol. The van der Waals surface area contributed by atoms with Crippen LogP contribution >= 0.6 is 0 Å². The van der Waals surface area contributed by atoms with Gasteiger partial charge in [0.05, 0.1) is 22.1 Å². The summed E-state index contributed by atoms with van der Waals surface area (Å²) in [6.45, 7) is 4.59. The molecule has 0 fully saturated rings. The zero-order chi connectivity index (χ0) is 29.4. The zero-order valence-corrected chi connectivity index (χ0v) is 24.6. The molecule has 3 heterocycles. The summed E-state index contributed by atoms with van der Waals surface area (Å²) in [6.07, 6.45) is 0. The van der Waals surface area contributed by atoms with E-state index in [0.717, 1.165) is 27.6 Å². The normalized spacial score (nSPS) is 12.7. The lowest BCUT2D eigenvalue weighted by molar-refractivity contribution is 0.935. The SMILES string of the molecule is Cc1cc(-c2ccccc2)ccc1-c1ccc2c(c1[C@H](C)c1ccccc1)c1cccc3c4nc5ccccc5nc4n2c31. The second-order valence-electron chi connectivity index (χ2n) is 11.9. The third-order valence-electron chi connectivity index (χ3n) is 9.37. The van der Waals surface area contributed by atoms with Crippen molar-refractivity contribution in [2.75, 3.05) is 0 Å². The fourth-order valence-electron chi connectivity index (χ4n) is 7.29. The first kappa shape index (κ1) is 25.0. The van der Waals surface area contributed by atoms with Crippen molar-refractivity contribution in [3.8, 4) is 22.3 Å². The lowest BCUT2D eigenvalue weighted by Crippen LogP contribution is -2.01. The third-order valence-corrected chi connectivity index (χ3v) is 9.37. The highest BCUT2D eigenvalue weighted by atomic mass is 15.0. The number of hydrogen-bond acceptors (Lipinski definition) is 2. The van der Waals surface area contributed by atoms with Gasteiger partial charge in [0.25, 0.3) is 0 Å². The van der Waals surface area contributed by atoms with Crippen molar-refractivity contribution in [3.63, 3.8) is 0 Å². The van der Waals surface area contributed by atoms with Crippen LogP contribution in [0.25, 0.3) is 71.6 Å². The lowest BCUT2D eigenvalue weighted by Gasteiger charge is -2.21. The molecule has 3 aromatic heterocycles. The van der Waals surface area contributed by atoms with Crippen LogP contribution in [0.15, 0.2) is 133 Å². The Hall–Kier alpha value is -5.54. The molecule has 0 radical (unpaired) electrons. The van der Waals surface area contributed by atoms with Gasteiger partial charge < -0.3 is 0 Å². The van der Waals surface area contributed by atoms with Gasteiger partial charge in [0.2, 0.25) is 0 Å². The summed E-state index contributed by atoms with van der Waals surface area (Å²) in [5.74, 6) is 0.174. The van der Waals surface area contributed by atoms with Gasteiger partial charge >= 0.3 is 0 Å². The quantitative estimate of drug-likeness (QED) is 0.213. The molecule has 0 N–H and O–H groups in total. The fourth-order valence-corrected chi connectivity index (χ4v) is 7.29. The standard InChI is InChI=1S/C41H29N3/c1-25-24-29(28-14-7-4-8-15-28)20-21-30(25)31-22-23-36-38(37(31)26(2)27-12-5-3-6-13-27)32-16-11-17-33-39-41(44(36)40(32)33)43-35-19-10-9-18-34(35)42-39/h3-24,26H,1-2H3/t26-/m1/s1. The zero-order valence-electron chi connectivity index (χ0n) is 24.6. The molecule has 0 bridgehead atoms. The number of nitrogens with zero attached hydrogens (tertiary/aromatic N) is 3. The van der Waals surface area contributed by atoms with E-state index in [9.17, 15) is 0 Å². The van der Waals surface area contributed by atoms with Crippen LogP contribution in [0.2, 0.25) is 0 Å². The first-order valence-electron chi connectivity index (χ1n) is 15.3. The van der Waals surface area contributed by atoms with Crippen molar-refractivity contribution in [1.82, 2.24) is 14.4 Å². The van der Waals surface area contributed by atoms with Gasteiger partial charge in [0.15, 0.2) is 5.65 Å². The maximum Gasteiger partial charge on any atom is 0.165 e. The average molecular weight is 564 g/mol. The Morgan fingerprint density at radius 2 is 1.27 bits per heavy atom. The van der Waals surface area contributed by atoms with Crippen LogP contribution in [0.1, 0.15) is 29.5 Å². The predicted molar refractivity (Wildman–Crippen MR) is 184 cm³/mol. The molecule has 0 aliphatic heterocycles. The second kappa shape index (κ2) is 9.48. The van der Waals surface area contributed by atoms with Crippen LogP contribution in [-0.4, -0.2) is 14.4 Å². The van der Waals surface area contributed by atoms with Crippen molar-refractivity contribution in [3.05, 3.63) is 150 Å². The molecule has 9 rings (SSSR count). The van der Waals surface area contributed by atoms with Gasteiger partial charge in [-0.1, -0.05) is 122 Å². The molecule has 208 valence electrons. The molecule has 0 unspecified atom stereocenters. The summed E-state index contributed by atoms with van der Waals surface area (Å²) in [5, 5.41) is 3.69. The van der Waals surface area contributed by atoms with Crippen molar-refractivity contribution in [2.45, 2.75) is 19.8 Å². The first-order valence-corrected chi connectivity index (χ1v) is 15.3. The molecule has 0 amide bonds. The minimum Gasteiger partial charge on any atom is -0.291 e. The van der Waals surface area contributed by atoms with Gasteiger partial charge in [-0.2, -0.15) is 0 Å². The highest BCUT2D eigenvalue weighted by Gasteiger charge is 2.26. The lowest BCUT2D eigenvalue weighted by atomic mass is 9.83. The number of benzene rings is 6. The summed E-state index contributed by atoms with van der Waals surface area (Å²) in [5.41, 5.74) is 15.0. The number of hydrogen-bond donors (Lipinski definition) is 0. The Kier molecular flexibility index (Phi) is 5.39. The minimum absolute atomic E-state index is 0.174. The Morgan fingerprint density at radius 3 is 2.05 bits per heavy atom. The van der Waals surface area contributed by atoms with Crippen molar-refractivity contribution in [1.29, 1.82) is 0 Å². The van der Waals surface area contributed by atoms with Gasteiger partial charge in [-0.25, -0.2) is 9.97 Å². The molecule has 3 heteroatoms. The fraction of sp³-hybridized carbons (Fsp3) is 0.0732. The van der Waals surface area contributed by atoms with Crippen LogP contribution in [-0.2, 0) is 0 Å². The highest BCUT2D eigenvalue weighted by molar-refractivity contribution is 6.23. The summed E-state index contributed by atoms with van der Waals surface area (Å²) in [4.78, 5) is 10.3. The topological polar surface area (TPSA) is 30.2 Å². The Balaban J connectivity index is 1.38. The number of aromatic nitrogens is 3. The third kappa shape index (κ3) is 3.56. The van der Waals surface area contributed by atoms with E-state index in [1.165, 1.54) is 60.8 Å². The first-order chi connectivity index (χ1) is 21.7. The molecular formula is C41H29N3. The molecule has 0 spiro atoms. The van der Waals surface area contributed by atoms with Crippen LogP contribution < -0.4 is 0 Å².